The van der Waals surface area contributed by atoms with E-state index in [0.717, 1.165) is 18.2 Å². The molecule has 0 radical (unpaired) electrons. The molecule has 238 valence electrons. The number of H-pyrrole nitrogens is 1. The second kappa shape index (κ2) is 12.6. The first-order chi connectivity index (χ1) is 20.4. The van der Waals surface area contributed by atoms with E-state index >= 15 is 4.39 Å². The fourth-order valence-corrected chi connectivity index (χ4v) is 4.77. The highest BCUT2D eigenvalue weighted by atomic mass is 19.4. The number of hydrogen-bond donors (Lipinski definition) is 2. The Labute approximate surface area is 242 Å². The van der Waals surface area contributed by atoms with Crippen LogP contribution in [0.1, 0.15) is 53.6 Å². The lowest BCUT2D eigenvalue weighted by Crippen LogP contribution is -2.34. The minimum Gasteiger partial charge on any atom is -0.374 e. The number of hydrogen-bond acceptors (Lipinski definition) is 4. The zero-order valence-electron chi connectivity index (χ0n) is 22.4. The van der Waals surface area contributed by atoms with E-state index < -0.39 is 82.0 Å². The lowest BCUT2D eigenvalue weighted by molar-refractivity contribution is -0.141. The molecular weight excluding hydrogens is 616 g/mol. The van der Waals surface area contributed by atoms with E-state index in [-0.39, 0.29) is 18.8 Å². The molecule has 1 saturated carbocycles. The molecule has 0 spiro atoms. The van der Waals surface area contributed by atoms with Gasteiger partial charge in [-0.1, -0.05) is 18.2 Å². The molecule has 1 aliphatic rings. The average Bonchev–Trinajstić information content (AvgIpc) is 2.93. The van der Waals surface area contributed by atoms with Crippen molar-refractivity contribution in [3.05, 3.63) is 86.6 Å². The number of amides is 1. The smallest absolute Gasteiger partial charge is 0.374 e. The average molecular weight is 639 g/mol. The van der Waals surface area contributed by atoms with E-state index in [1.54, 1.807) is 4.98 Å². The topological polar surface area (TPSA) is 84.1 Å². The molecule has 0 bridgehead atoms. The quantitative estimate of drug-likeness (QED) is 0.272. The summed E-state index contributed by atoms with van der Waals surface area (Å²) >= 11 is 0. The number of aromatic amines is 1. The first-order valence-corrected chi connectivity index (χ1v) is 13.1. The first kappa shape index (κ1) is 33.0. The normalized spacial score (nSPS) is 17.9. The summed E-state index contributed by atoms with van der Waals surface area (Å²) in [4.78, 5) is 29.2. The van der Waals surface area contributed by atoms with Crippen molar-refractivity contribution < 1.29 is 53.4 Å². The Bertz CT molecular complexity index is 1540. The number of nitrogens with one attached hydrogen (secondary N) is 2. The highest BCUT2D eigenvalue weighted by Crippen LogP contribution is 2.39. The molecule has 4 rings (SSSR count). The van der Waals surface area contributed by atoms with Crippen LogP contribution < -0.4 is 10.9 Å². The molecule has 1 aliphatic carbocycles. The van der Waals surface area contributed by atoms with Crippen LogP contribution in [0.4, 0.5) is 43.9 Å². The fraction of sp³-hybridized carbons (Fsp3) is 0.393. The second-order valence-electron chi connectivity index (χ2n) is 10.1. The summed E-state index contributed by atoms with van der Waals surface area (Å²) in [5.41, 5.74) is -7.10. The van der Waals surface area contributed by atoms with Gasteiger partial charge in [0.25, 0.3) is 5.56 Å². The Morgan fingerprint density at radius 1 is 0.886 bits per heavy atom. The Kier molecular flexibility index (Phi) is 9.42. The van der Waals surface area contributed by atoms with Crippen LogP contribution in [-0.4, -0.2) is 22.0 Å². The van der Waals surface area contributed by atoms with Gasteiger partial charge in [0, 0.05) is 24.1 Å². The van der Waals surface area contributed by atoms with Crippen LogP contribution in [0, 0.1) is 11.7 Å². The molecule has 2 aromatic carbocycles. The summed E-state index contributed by atoms with van der Waals surface area (Å²) < 4.78 is 140. The van der Waals surface area contributed by atoms with E-state index in [0.29, 0.717) is 37.3 Å². The van der Waals surface area contributed by atoms with Crippen LogP contribution >= 0.6 is 0 Å². The maximum atomic E-state index is 15.4. The van der Waals surface area contributed by atoms with Gasteiger partial charge >= 0.3 is 18.5 Å². The highest BCUT2D eigenvalue weighted by molar-refractivity contribution is 5.78. The van der Waals surface area contributed by atoms with Crippen LogP contribution in [0.5, 0.6) is 0 Å². The third-order valence-electron chi connectivity index (χ3n) is 7.06. The number of nitrogens with zero attached hydrogens (tertiary/aromatic N) is 1. The monoisotopic (exact) mass is 639 g/mol. The molecule has 6 nitrogen and oxygen atoms in total. The Morgan fingerprint density at radius 3 is 2.09 bits per heavy atom. The summed E-state index contributed by atoms with van der Waals surface area (Å²) in [6, 6.07) is 5.64. The molecule has 0 atom stereocenters. The lowest BCUT2D eigenvalue weighted by atomic mass is 9.86. The zero-order valence-corrected chi connectivity index (χ0v) is 22.4. The van der Waals surface area contributed by atoms with E-state index in [2.05, 4.69) is 10.3 Å². The van der Waals surface area contributed by atoms with E-state index in [9.17, 15) is 49.1 Å². The number of rotatable bonds is 7. The van der Waals surface area contributed by atoms with Crippen LogP contribution in [0.3, 0.4) is 0 Å². The SMILES string of the molecule is O=c1cc(C(F)(F)F)nc(-c2c(C(F)(F)F)ccc(CNC(=O)[C@H]3CC[C@H](OCc4ccc(C(F)(F)F)cc4)CC3)c2F)[nH]1. The molecule has 1 aromatic heterocycles. The number of carbonyl (C=O) groups excluding carboxylic acids is 1. The predicted molar refractivity (Wildman–Crippen MR) is 134 cm³/mol. The third-order valence-corrected chi connectivity index (χ3v) is 7.06. The van der Waals surface area contributed by atoms with Crippen molar-refractivity contribution in [3.8, 4) is 11.4 Å². The number of alkyl halides is 9. The molecule has 16 heteroatoms. The highest BCUT2D eigenvalue weighted by Gasteiger charge is 2.39. The van der Waals surface area contributed by atoms with Gasteiger partial charge in [0.1, 0.15) is 11.6 Å². The Morgan fingerprint density at radius 2 is 1.52 bits per heavy atom. The van der Waals surface area contributed by atoms with Gasteiger partial charge in [-0.3, -0.25) is 9.59 Å². The number of aromatic nitrogens is 2. The summed E-state index contributed by atoms with van der Waals surface area (Å²) in [6.45, 7) is -0.551. The van der Waals surface area contributed by atoms with Crippen LogP contribution in [0.15, 0.2) is 47.3 Å². The van der Waals surface area contributed by atoms with Gasteiger partial charge in [-0.05, 0) is 49.4 Å². The number of ether oxygens (including phenoxy) is 1. The fourth-order valence-electron chi connectivity index (χ4n) is 4.77. The van der Waals surface area contributed by atoms with Gasteiger partial charge < -0.3 is 15.0 Å². The maximum absolute atomic E-state index is 15.4. The van der Waals surface area contributed by atoms with Gasteiger partial charge in [-0.2, -0.15) is 39.5 Å². The van der Waals surface area contributed by atoms with Gasteiger partial charge in [-0.15, -0.1) is 0 Å². The van der Waals surface area contributed by atoms with Crippen molar-refractivity contribution >= 4 is 5.91 Å². The van der Waals surface area contributed by atoms with Crippen molar-refractivity contribution in [1.29, 1.82) is 0 Å². The minimum atomic E-state index is -5.22. The van der Waals surface area contributed by atoms with Crippen molar-refractivity contribution in [2.24, 2.45) is 5.92 Å². The van der Waals surface area contributed by atoms with Crippen molar-refractivity contribution in [1.82, 2.24) is 15.3 Å². The van der Waals surface area contributed by atoms with Crippen LogP contribution in [0.2, 0.25) is 0 Å². The van der Waals surface area contributed by atoms with E-state index in [4.69, 9.17) is 4.74 Å². The van der Waals surface area contributed by atoms with Crippen molar-refractivity contribution in [3.63, 3.8) is 0 Å². The number of halogens is 10. The molecule has 0 unspecified atom stereocenters. The molecule has 44 heavy (non-hydrogen) atoms. The standard InChI is InChI=1S/C28H23F10N3O3/c29-23-16(5-10-19(27(33,34)35)22(23)24-40-20(28(36,37)38)11-21(42)41-24)12-39-25(43)15-3-8-18(9-4-15)44-13-14-1-6-17(7-2-14)26(30,31)32/h1-2,5-7,10-11,15,18H,3-4,8-9,12-13H2,(H,39,43)(H,40,41,42)/t15-,18-. The lowest BCUT2D eigenvalue weighted by Gasteiger charge is -2.28. The zero-order chi connectivity index (χ0) is 32.4. The molecular formula is C28H23F10N3O3. The Balaban J connectivity index is 1.40. The third kappa shape index (κ3) is 7.95. The van der Waals surface area contributed by atoms with E-state index in [1.165, 1.54) is 12.1 Å². The largest absolute Gasteiger partial charge is 0.433 e. The molecule has 0 aliphatic heterocycles. The molecule has 2 N–H and O–H groups in total. The Hall–Kier alpha value is -3.95. The molecule has 1 amide bonds. The first-order valence-electron chi connectivity index (χ1n) is 13.1. The van der Waals surface area contributed by atoms with Gasteiger partial charge in [0.2, 0.25) is 5.91 Å². The van der Waals surface area contributed by atoms with Crippen molar-refractivity contribution in [2.45, 2.75) is 63.5 Å². The molecule has 1 fully saturated rings. The summed E-state index contributed by atoms with van der Waals surface area (Å²) in [5.74, 6) is -4.00. The molecule has 1 heterocycles. The molecule has 0 saturated heterocycles. The van der Waals surface area contributed by atoms with Gasteiger partial charge in [-0.25, -0.2) is 9.37 Å². The van der Waals surface area contributed by atoms with Crippen LogP contribution in [-0.2, 0) is 41.2 Å². The predicted octanol–water partition coefficient (Wildman–Crippen LogP) is 7.02. The second-order valence-corrected chi connectivity index (χ2v) is 10.1. The summed E-state index contributed by atoms with van der Waals surface area (Å²) in [7, 11) is 0. The number of carbonyl (C=O) groups is 1. The van der Waals surface area contributed by atoms with Gasteiger partial charge in [0.15, 0.2) is 5.69 Å². The van der Waals surface area contributed by atoms with Crippen LogP contribution in [0.25, 0.3) is 11.4 Å². The maximum Gasteiger partial charge on any atom is 0.433 e. The van der Waals surface area contributed by atoms with E-state index in [1.807, 2.05) is 0 Å². The summed E-state index contributed by atoms with van der Waals surface area (Å²) in [6.07, 6.45) is -13.7. The molecule has 3 aromatic rings. The summed E-state index contributed by atoms with van der Waals surface area (Å²) in [5, 5.41) is 2.42. The number of benzene rings is 2. The van der Waals surface area contributed by atoms with Gasteiger partial charge in [0.05, 0.1) is 29.4 Å². The van der Waals surface area contributed by atoms with Crippen molar-refractivity contribution in [2.75, 3.05) is 0 Å². The minimum absolute atomic E-state index is 0.0211.